The molecule has 4 heteroatoms. The fourth-order valence-corrected chi connectivity index (χ4v) is 2.35. The molecule has 0 aliphatic carbocycles. The van der Waals surface area contributed by atoms with Crippen LogP contribution in [0.25, 0.3) is 0 Å². The van der Waals surface area contributed by atoms with E-state index in [1.54, 1.807) is 0 Å². The molecule has 0 unspecified atom stereocenters. The van der Waals surface area contributed by atoms with Gasteiger partial charge in [0, 0.05) is 19.6 Å². The van der Waals surface area contributed by atoms with Crippen LogP contribution in [0.5, 0.6) is 0 Å². The fourth-order valence-electron chi connectivity index (χ4n) is 2.35. The number of carbonyl (C=O) groups is 1. The average molecular weight is 211 g/mol. The summed E-state index contributed by atoms with van der Waals surface area (Å²) < 4.78 is 0. The van der Waals surface area contributed by atoms with Crippen molar-refractivity contribution in [3.63, 3.8) is 0 Å². The maximum atomic E-state index is 12.1. The van der Waals surface area contributed by atoms with Gasteiger partial charge in [-0.25, -0.2) is 0 Å². The smallest absolute Gasteiger partial charge is 0.239 e. The maximum Gasteiger partial charge on any atom is 0.239 e. The van der Waals surface area contributed by atoms with E-state index in [-0.39, 0.29) is 6.04 Å². The van der Waals surface area contributed by atoms with Gasteiger partial charge in [-0.05, 0) is 32.4 Å². The van der Waals surface area contributed by atoms with Gasteiger partial charge in [-0.1, -0.05) is 6.42 Å². The van der Waals surface area contributed by atoms with Gasteiger partial charge < -0.3 is 15.5 Å². The number of nitrogens with zero attached hydrogens (tertiary/aromatic N) is 1. The van der Waals surface area contributed by atoms with Gasteiger partial charge in [-0.3, -0.25) is 4.79 Å². The highest BCUT2D eigenvalue weighted by molar-refractivity contribution is 5.82. The molecule has 86 valence electrons. The lowest BCUT2D eigenvalue weighted by Crippen LogP contribution is -2.49. The van der Waals surface area contributed by atoms with Crippen LogP contribution in [-0.4, -0.2) is 49.6 Å². The molecule has 4 nitrogen and oxygen atoms in total. The number of hydrogen-bond donors (Lipinski definition) is 2. The minimum absolute atomic E-state index is 0.0943. The van der Waals surface area contributed by atoms with Crippen LogP contribution < -0.4 is 10.6 Å². The molecule has 0 aromatic rings. The molecule has 0 aromatic heterocycles. The van der Waals surface area contributed by atoms with E-state index in [1.807, 2.05) is 4.90 Å². The Morgan fingerprint density at radius 2 is 2.00 bits per heavy atom. The van der Waals surface area contributed by atoms with Crippen LogP contribution in [-0.2, 0) is 4.79 Å². The van der Waals surface area contributed by atoms with Crippen LogP contribution >= 0.6 is 0 Å². The van der Waals surface area contributed by atoms with Crippen molar-refractivity contribution in [2.24, 2.45) is 0 Å². The van der Waals surface area contributed by atoms with E-state index in [0.717, 1.165) is 45.6 Å². The van der Waals surface area contributed by atoms with Gasteiger partial charge in [-0.15, -0.1) is 0 Å². The second-order valence-corrected chi connectivity index (χ2v) is 4.43. The molecule has 1 atom stereocenters. The molecule has 0 radical (unpaired) electrons. The SMILES string of the molecule is O=C([C@@H]1CCCCN1)N1CCCNCC1. The van der Waals surface area contributed by atoms with Gasteiger partial charge >= 0.3 is 0 Å². The molecule has 0 spiro atoms. The van der Waals surface area contributed by atoms with Crippen molar-refractivity contribution in [3.8, 4) is 0 Å². The number of carbonyl (C=O) groups excluding carboxylic acids is 1. The standard InChI is InChI=1S/C11H21N3O/c15-11(10-4-1-2-6-13-10)14-8-3-5-12-7-9-14/h10,12-13H,1-9H2/t10-/m0/s1. The summed E-state index contributed by atoms with van der Waals surface area (Å²) in [5.74, 6) is 0.318. The summed E-state index contributed by atoms with van der Waals surface area (Å²) in [6.45, 7) is 4.78. The number of rotatable bonds is 1. The zero-order valence-corrected chi connectivity index (χ0v) is 9.30. The Hall–Kier alpha value is -0.610. The molecule has 15 heavy (non-hydrogen) atoms. The van der Waals surface area contributed by atoms with Gasteiger partial charge in [0.1, 0.15) is 0 Å². The first kappa shape index (κ1) is 10.9. The topological polar surface area (TPSA) is 44.4 Å². The summed E-state index contributed by atoms with van der Waals surface area (Å²) in [7, 11) is 0. The van der Waals surface area contributed by atoms with Gasteiger partial charge in [0.25, 0.3) is 0 Å². The molecule has 2 N–H and O–H groups in total. The van der Waals surface area contributed by atoms with Crippen LogP contribution in [0.3, 0.4) is 0 Å². The van der Waals surface area contributed by atoms with Crippen LogP contribution in [0.4, 0.5) is 0 Å². The Kier molecular flexibility index (Phi) is 3.97. The van der Waals surface area contributed by atoms with Crippen molar-refractivity contribution >= 4 is 5.91 Å². The molecule has 0 saturated carbocycles. The zero-order chi connectivity index (χ0) is 10.5. The highest BCUT2D eigenvalue weighted by Crippen LogP contribution is 2.10. The van der Waals surface area contributed by atoms with Crippen LogP contribution in [0.1, 0.15) is 25.7 Å². The van der Waals surface area contributed by atoms with Gasteiger partial charge in [0.2, 0.25) is 5.91 Å². The van der Waals surface area contributed by atoms with Crippen LogP contribution in [0.15, 0.2) is 0 Å². The molecule has 2 saturated heterocycles. The first-order valence-electron chi connectivity index (χ1n) is 6.11. The average Bonchev–Trinajstić information content (AvgIpc) is 2.58. The summed E-state index contributed by atoms with van der Waals surface area (Å²) in [6, 6.07) is 0.0943. The highest BCUT2D eigenvalue weighted by Gasteiger charge is 2.25. The first-order chi connectivity index (χ1) is 7.38. The van der Waals surface area contributed by atoms with E-state index < -0.39 is 0 Å². The fraction of sp³-hybridized carbons (Fsp3) is 0.909. The molecule has 0 aromatic carbocycles. The highest BCUT2D eigenvalue weighted by atomic mass is 16.2. The van der Waals surface area contributed by atoms with Crippen LogP contribution in [0.2, 0.25) is 0 Å². The van der Waals surface area contributed by atoms with Gasteiger partial charge in [-0.2, -0.15) is 0 Å². The van der Waals surface area contributed by atoms with E-state index in [0.29, 0.717) is 5.91 Å². The second kappa shape index (κ2) is 5.47. The Morgan fingerprint density at radius 1 is 1.07 bits per heavy atom. The van der Waals surface area contributed by atoms with Crippen molar-refractivity contribution < 1.29 is 4.79 Å². The summed E-state index contributed by atoms with van der Waals surface area (Å²) in [5, 5.41) is 6.65. The molecular formula is C11H21N3O. The van der Waals surface area contributed by atoms with Crippen molar-refractivity contribution in [1.82, 2.24) is 15.5 Å². The minimum Gasteiger partial charge on any atom is -0.340 e. The molecule has 2 aliphatic heterocycles. The maximum absolute atomic E-state index is 12.1. The largest absolute Gasteiger partial charge is 0.340 e. The van der Waals surface area contributed by atoms with E-state index in [1.165, 1.54) is 12.8 Å². The summed E-state index contributed by atoms with van der Waals surface area (Å²) in [5.41, 5.74) is 0. The lowest BCUT2D eigenvalue weighted by molar-refractivity contribution is -0.133. The summed E-state index contributed by atoms with van der Waals surface area (Å²) in [6.07, 6.45) is 4.50. The molecular weight excluding hydrogens is 190 g/mol. The molecule has 2 heterocycles. The molecule has 1 amide bonds. The normalized spacial score (nSPS) is 28.5. The van der Waals surface area contributed by atoms with Crippen LogP contribution in [0, 0.1) is 0 Å². The van der Waals surface area contributed by atoms with E-state index in [2.05, 4.69) is 10.6 Å². The van der Waals surface area contributed by atoms with Crippen molar-refractivity contribution in [2.45, 2.75) is 31.7 Å². The third-order valence-electron chi connectivity index (χ3n) is 3.26. The lowest BCUT2D eigenvalue weighted by Gasteiger charge is -2.29. The third-order valence-corrected chi connectivity index (χ3v) is 3.26. The molecule has 2 fully saturated rings. The quantitative estimate of drug-likeness (QED) is 0.639. The van der Waals surface area contributed by atoms with Crippen molar-refractivity contribution in [2.75, 3.05) is 32.7 Å². The predicted molar refractivity (Wildman–Crippen MR) is 59.7 cm³/mol. The monoisotopic (exact) mass is 211 g/mol. The summed E-state index contributed by atoms with van der Waals surface area (Å²) in [4.78, 5) is 14.2. The minimum atomic E-state index is 0.0943. The second-order valence-electron chi connectivity index (χ2n) is 4.43. The third kappa shape index (κ3) is 2.92. The number of hydrogen-bond acceptors (Lipinski definition) is 3. The van der Waals surface area contributed by atoms with E-state index >= 15 is 0 Å². The van der Waals surface area contributed by atoms with Crippen molar-refractivity contribution in [3.05, 3.63) is 0 Å². The van der Waals surface area contributed by atoms with E-state index in [4.69, 9.17) is 0 Å². The molecule has 2 rings (SSSR count). The zero-order valence-electron chi connectivity index (χ0n) is 9.30. The number of amides is 1. The molecule has 2 aliphatic rings. The Balaban J connectivity index is 1.87. The van der Waals surface area contributed by atoms with Gasteiger partial charge in [0.05, 0.1) is 6.04 Å². The van der Waals surface area contributed by atoms with Crippen molar-refractivity contribution in [1.29, 1.82) is 0 Å². The van der Waals surface area contributed by atoms with E-state index in [9.17, 15) is 4.79 Å². The number of nitrogens with one attached hydrogen (secondary N) is 2. The molecule has 0 bridgehead atoms. The summed E-state index contributed by atoms with van der Waals surface area (Å²) >= 11 is 0. The van der Waals surface area contributed by atoms with Gasteiger partial charge in [0.15, 0.2) is 0 Å². The predicted octanol–water partition coefficient (Wildman–Crippen LogP) is -0.0496. The number of piperidine rings is 1. The Labute approximate surface area is 91.4 Å². The Morgan fingerprint density at radius 3 is 2.80 bits per heavy atom. The first-order valence-corrected chi connectivity index (χ1v) is 6.11. The Bertz CT molecular complexity index is 206. The lowest BCUT2D eigenvalue weighted by atomic mass is 10.0.